The standard InChI is InChI=1S/C17H13F4N3O3S/c18-11-1-3-13(4-2-11)26-9-15-22-12(10-28-15)8-27-16(25)7-24-6-5-14(23-24)17(19,20)21/h1-6,10H,7-9H2. The number of hydrogen-bond donors (Lipinski definition) is 0. The lowest BCUT2D eigenvalue weighted by molar-refractivity contribution is -0.147. The fourth-order valence-electron chi connectivity index (χ4n) is 2.09. The fraction of sp³-hybridized carbons (Fsp3) is 0.235. The van der Waals surface area contributed by atoms with Gasteiger partial charge in [0, 0.05) is 11.6 Å². The maximum atomic E-state index is 12.8. The van der Waals surface area contributed by atoms with Crippen molar-refractivity contribution in [2.45, 2.75) is 25.9 Å². The second-order valence-electron chi connectivity index (χ2n) is 5.53. The molecule has 0 bridgehead atoms. The molecule has 0 aliphatic rings. The molecule has 0 atom stereocenters. The molecule has 0 fully saturated rings. The normalized spacial score (nSPS) is 11.4. The van der Waals surface area contributed by atoms with Crippen molar-refractivity contribution < 1.29 is 31.8 Å². The summed E-state index contributed by atoms with van der Waals surface area (Å²) in [6, 6.07) is 6.32. The van der Waals surface area contributed by atoms with Crippen LogP contribution < -0.4 is 4.74 Å². The molecule has 1 aromatic carbocycles. The smallest absolute Gasteiger partial charge is 0.435 e. The molecule has 0 aliphatic carbocycles. The van der Waals surface area contributed by atoms with E-state index in [1.807, 2.05) is 0 Å². The van der Waals surface area contributed by atoms with Gasteiger partial charge in [-0.1, -0.05) is 0 Å². The summed E-state index contributed by atoms with van der Waals surface area (Å²) in [4.78, 5) is 16.0. The maximum Gasteiger partial charge on any atom is 0.435 e. The van der Waals surface area contributed by atoms with Gasteiger partial charge in [-0.2, -0.15) is 18.3 Å². The van der Waals surface area contributed by atoms with Crippen LogP contribution in [0.25, 0.3) is 0 Å². The van der Waals surface area contributed by atoms with E-state index < -0.39 is 24.4 Å². The molecular formula is C17H13F4N3O3S. The maximum absolute atomic E-state index is 12.8. The van der Waals surface area contributed by atoms with Crippen LogP contribution in [0.3, 0.4) is 0 Å². The summed E-state index contributed by atoms with van der Waals surface area (Å²) in [7, 11) is 0. The molecular weight excluding hydrogens is 402 g/mol. The molecule has 3 aromatic rings. The van der Waals surface area contributed by atoms with E-state index in [0.717, 1.165) is 16.9 Å². The zero-order valence-corrected chi connectivity index (χ0v) is 15.0. The number of carbonyl (C=O) groups excluding carboxylic acids is 1. The minimum atomic E-state index is -4.57. The second-order valence-corrected chi connectivity index (χ2v) is 6.47. The van der Waals surface area contributed by atoms with Crippen molar-refractivity contribution in [1.82, 2.24) is 14.8 Å². The Bertz CT molecular complexity index is 938. The number of esters is 1. The van der Waals surface area contributed by atoms with Crippen LogP contribution in [0, 0.1) is 5.82 Å². The molecule has 0 unspecified atom stereocenters. The van der Waals surface area contributed by atoms with Crippen LogP contribution in [0.2, 0.25) is 0 Å². The lowest BCUT2D eigenvalue weighted by Gasteiger charge is -2.04. The SMILES string of the molecule is O=C(Cn1ccc(C(F)(F)F)n1)OCc1csc(COc2ccc(F)cc2)n1. The Morgan fingerprint density at radius 1 is 1.14 bits per heavy atom. The highest BCUT2D eigenvalue weighted by Gasteiger charge is 2.33. The van der Waals surface area contributed by atoms with Crippen molar-refractivity contribution in [1.29, 1.82) is 0 Å². The first-order chi connectivity index (χ1) is 13.3. The first-order valence-corrected chi connectivity index (χ1v) is 8.75. The summed E-state index contributed by atoms with van der Waals surface area (Å²) in [5, 5.41) is 5.57. The number of nitrogens with zero attached hydrogens (tertiary/aromatic N) is 3. The van der Waals surface area contributed by atoms with Gasteiger partial charge < -0.3 is 9.47 Å². The second kappa shape index (κ2) is 8.38. The van der Waals surface area contributed by atoms with Crippen molar-refractivity contribution in [2.24, 2.45) is 0 Å². The summed E-state index contributed by atoms with van der Waals surface area (Å²) in [6.07, 6.45) is -3.51. The third kappa shape index (κ3) is 5.52. The van der Waals surface area contributed by atoms with E-state index >= 15 is 0 Å². The predicted octanol–water partition coefficient (Wildman–Crippen LogP) is 3.82. The summed E-state index contributed by atoms with van der Waals surface area (Å²) >= 11 is 1.29. The van der Waals surface area contributed by atoms with Crippen molar-refractivity contribution in [3.63, 3.8) is 0 Å². The van der Waals surface area contributed by atoms with Crippen LogP contribution in [-0.4, -0.2) is 20.7 Å². The van der Waals surface area contributed by atoms with Gasteiger partial charge in [-0.25, -0.2) is 9.37 Å². The minimum absolute atomic E-state index is 0.126. The van der Waals surface area contributed by atoms with E-state index in [-0.39, 0.29) is 19.0 Å². The number of aromatic nitrogens is 3. The quantitative estimate of drug-likeness (QED) is 0.434. The van der Waals surface area contributed by atoms with E-state index in [9.17, 15) is 22.4 Å². The Morgan fingerprint density at radius 2 is 1.89 bits per heavy atom. The van der Waals surface area contributed by atoms with Crippen LogP contribution in [0.4, 0.5) is 17.6 Å². The lowest BCUT2D eigenvalue weighted by Crippen LogP contribution is -2.15. The fourth-order valence-corrected chi connectivity index (χ4v) is 2.78. The van der Waals surface area contributed by atoms with Crippen LogP contribution >= 0.6 is 11.3 Å². The van der Waals surface area contributed by atoms with Gasteiger partial charge in [0.05, 0.1) is 5.69 Å². The zero-order valence-electron chi connectivity index (χ0n) is 14.1. The Hall–Kier alpha value is -2.95. The first kappa shape index (κ1) is 19.8. The molecule has 0 amide bonds. The van der Waals surface area contributed by atoms with Crippen molar-refractivity contribution in [3.05, 3.63) is 64.1 Å². The van der Waals surface area contributed by atoms with Gasteiger partial charge in [0.15, 0.2) is 5.69 Å². The van der Waals surface area contributed by atoms with Gasteiger partial charge in [-0.15, -0.1) is 11.3 Å². The van der Waals surface area contributed by atoms with Gasteiger partial charge in [0.2, 0.25) is 0 Å². The molecule has 0 saturated heterocycles. The van der Waals surface area contributed by atoms with Crippen LogP contribution in [0.5, 0.6) is 5.75 Å². The number of thiazole rings is 1. The molecule has 2 aromatic heterocycles. The van der Waals surface area contributed by atoms with E-state index in [4.69, 9.17) is 9.47 Å². The monoisotopic (exact) mass is 415 g/mol. The largest absolute Gasteiger partial charge is 0.486 e. The van der Waals surface area contributed by atoms with Gasteiger partial charge in [-0.3, -0.25) is 9.48 Å². The van der Waals surface area contributed by atoms with E-state index in [0.29, 0.717) is 16.5 Å². The van der Waals surface area contributed by atoms with Crippen molar-refractivity contribution in [2.75, 3.05) is 0 Å². The molecule has 6 nitrogen and oxygen atoms in total. The highest BCUT2D eigenvalue weighted by molar-refractivity contribution is 7.09. The Labute approximate surface area is 160 Å². The third-order valence-corrected chi connectivity index (χ3v) is 4.25. The Kier molecular flexibility index (Phi) is 5.93. The van der Waals surface area contributed by atoms with Gasteiger partial charge in [0.1, 0.15) is 36.3 Å². The summed E-state index contributed by atoms with van der Waals surface area (Å²) in [5.41, 5.74) is -0.599. The molecule has 28 heavy (non-hydrogen) atoms. The van der Waals surface area contributed by atoms with E-state index in [1.54, 1.807) is 5.38 Å². The van der Waals surface area contributed by atoms with Crippen LogP contribution in [0.15, 0.2) is 41.9 Å². The molecule has 11 heteroatoms. The molecule has 2 heterocycles. The van der Waals surface area contributed by atoms with Crippen LogP contribution in [-0.2, 0) is 35.5 Å². The number of rotatable bonds is 7. The lowest BCUT2D eigenvalue weighted by atomic mass is 10.3. The summed E-state index contributed by atoms with van der Waals surface area (Å²) < 4.78 is 61.6. The molecule has 3 rings (SSSR count). The van der Waals surface area contributed by atoms with Gasteiger partial charge in [-0.05, 0) is 30.3 Å². The zero-order chi connectivity index (χ0) is 20.1. The topological polar surface area (TPSA) is 66.2 Å². The molecule has 0 radical (unpaired) electrons. The molecule has 0 saturated carbocycles. The summed E-state index contributed by atoms with van der Waals surface area (Å²) in [5.74, 6) is -0.619. The number of ether oxygens (including phenoxy) is 2. The number of alkyl halides is 3. The highest BCUT2D eigenvalue weighted by Crippen LogP contribution is 2.27. The number of halogens is 4. The predicted molar refractivity (Wildman–Crippen MR) is 89.9 cm³/mol. The van der Waals surface area contributed by atoms with E-state index in [1.165, 1.54) is 35.6 Å². The van der Waals surface area contributed by atoms with Crippen LogP contribution in [0.1, 0.15) is 16.4 Å². The third-order valence-electron chi connectivity index (χ3n) is 3.38. The summed E-state index contributed by atoms with van der Waals surface area (Å²) in [6.45, 7) is -0.405. The van der Waals surface area contributed by atoms with Gasteiger partial charge in [0.25, 0.3) is 0 Å². The molecule has 0 N–H and O–H groups in total. The minimum Gasteiger partial charge on any atom is -0.486 e. The van der Waals surface area contributed by atoms with Crippen molar-refractivity contribution in [3.8, 4) is 5.75 Å². The number of benzene rings is 1. The number of hydrogen-bond acceptors (Lipinski definition) is 6. The van der Waals surface area contributed by atoms with Crippen molar-refractivity contribution >= 4 is 17.3 Å². The average molecular weight is 415 g/mol. The molecule has 0 spiro atoms. The first-order valence-electron chi connectivity index (χ1n) is 7.87. The van der Waals surface area contributed by atoms with E-state index in [2.05, 4.69) is 10.1 Å². The highest BCUT2D eigenvalue weighted by atomic mass is 32.1. The average Bonchev–Trinajstić information content (AvgIpc) is 3.29. The molecule has 148 valence electrons. The Balaban J connectivity index is 1.45. The number of carbonyl (C=O) groups is 1. The van der Waals surface area contributed by atoms with Gasteiger partial charge >= 0.3 is 12.1 Å². The Morgan fingerprint density at radius 3 is 2.57 bits per heavy atom. The molecule has 0 aliphatic heterocycles.